The Morgan fingerprint density at radius 2 is 2.13 bits per heavy atom. The average molecular weight is 217 g/mol. The third kappa shape index (κ3) is 2.45. The molecular weight excluding hydrogens is 202 g/mol. The first kappa shape index (κ1) is 11.9. The standard InChI is InChI=1S/C9H15NO5/c1-5(15-2)8(12)10-4-6(11)3-7(10)9(13)14/h5-7,11H,3-4H2,1-2H3,(H,13,14)/t5?,6?,7-/m0/s1. The van der Waals surface area contributed by atoms with Crippen molar-refractivity contribution in [2.75, 3.05) is 13.7 Å². The minimum Gasteiger partial charge on any atom is -0.480 e. The molecule has 0 aliphatic carbocycles. The van der Waals surface area contributed by atoms with Crippen molar-refractivity contribution in [3.8, 4) is 0 Å². The first-order chi connectivity index (χ1) is 6.97. The third-order valence-electron chi connectivity index (χ3n) is 2.55. The number of ether oxygens (including phenoxy) is 1. The van der Waals surface area contributed by atoms with E-state index in [1.54, 1.807) is 6.92 Å². The van der Waals surface area contributed by atoms with Gasteiger partial charge in [0.1, 0.15) is 12.1 Å². The molecule has 0 aromatic carbocycles. The van der Waals surface area contributed by atoms with Gasteiger partial charge < -0.3 is 19.8 Å². The second-order valence-corrected chi connectivity index (χ2v) is 3.61. The van der Waals surface area contributed by atoms with Crippen LogP contribution in [0.4, 0.5) is 0 Å². The number of likely N-dealkylation sites (tertiary alicyclic amines) is 1. The summed E-state index contributed by atoms with van der Waals surface area (Å²) in [6.45, 7) is 1.61. The molecule has 2 N–H and O–H groups in total. The van der Waals surface area contributed by atoms with Gasteiger partial charge in [0.25, 0.3) is 5.91 Å². The lowest BCUT2D eigenvalue weighted by molar-refractivity contribution is -0.152. The van der Waals surface area contributed by atoms with E-state index < -0.39 is 30.1 Å². The van der Waals surface area contributed by atoms with Gasteiger partial charge >= 0.3 is 5.97 Å². The first-order valence-electron chi connectivity index (χ1n) is 4.71. The number of hydrogen-bond acceptors (Lipinski definition) is 4. The Bertz CT molecular complexity index is 267. The van der Waals surface area contributed by atoms with E-state index >= 15 is 0 Å². The number of β-amino-alcohol motifs (C(OH)–C–C–N with tert-alkyl or cyclic N) is 1. The van der Waals surface area contributed by atoms with Crippen LogP contribution in [-0.2, 0) is 14.3 Å². The molecule has 0 saturated carbocycles. The Labute approximate surface area is 87.4 Å². The number of aliphatic hydroxyl groups is 1. The number of nitrogens with zero attached hydrogens (tertiary/aromatic N) is 1. The van der Waals surface area contributed by atoms with Crippen LogP contribution < -0.4 is 0 Å². The Balaban J connectivity index is 2.75. The monoisotopic (exact) mass is 217 g/mol. The smallest absolute Gasteiger partial charge is 0.326 e. The van der Waals surface area contributed by atoms with E-state index in [0.717, 1.165) is 4.90 Å². The van der Waals surface area contributed by atoms with Crippen LogP contribution in [0.25, 0.3) is 0 Å². The van der Waals surface area contributed by atoms with Crippen molar-refractivity contribution in [2.24, 2.45) is 0 Å². The fraction of sp³-hybridized carbons (Fsp3) is 0.778. The Morgan fingerprint density at radius 3 is 2.60 bits per heavy atom. The molecule has 1 aliphatic heterocycles. The van der Waals surface area contributed by atoms with Crippen LogP contribution in [0.3, 0.4) is 0 Å². The molecule has 0 spiro atoms. The van der Waals surface area contributed by atoms with Crippen LogP contribution in [0.2, 0.25) is 0 Å². The van der Waals surface area contributed by atoms with Gasteiger partial charge in [-0.1, -0.05) is 0 Å². The second-order valence-electron chi connectivity index (χ2n) is 3.61. The fourth-order valence-corrected chi connectivity index (χ4v) is 1.63. The highest BCUT2D eigenvalue weighted by Gasteiger charge is 2.40. The van der Waals surface area contributed by atoms with Gasteiger partial charge in [-0.25, -0.2) is 4.79 Å². The van der Waals surface area contributed by atoms with Crippen LogP contribution in [0.15, 0.2) is 0 Å². The van der Waals surface area contributed by atoms with Crippen LogP contribution in [0, 0.1) is 0 Å². The molecule has 0 bridgehead atoms. The number of carboxylic acids is 1. The van der Waals surface area contributed by atoms with Crippen molar-refractivity contribution >= 4 is 11.9 Å². The van der Waals surface area contributed by atoms with E-state index in [-0.39, 0.29) is 13.0 Å². The van der Waals surface area contributed by atoms with Gasteiger partial charge in [-0.15, -0.1) is 0 Å². The number of carboxylic acid groups (broad SMARTS) is 1. The lowest BCUT2D eigenvalue weighted by atomic mass is 10.2. The highest BCUT2D eigenvalue weighted by atomic mass is 16.5. The van der Waals surface area contributed by atoms with Crippen LogP contribution in [-0.4, -0.2) is 58.9 Å². The third-order valence-corrected chi connectivity index (χ3v) is 2.55. The maximum Gasteiger partial charge on any atom is 0.326 e. The van der Waals surface area contributed by atoms with Gasteiger partial charge in [0, 0.05) is 20.1 Å². The molecule has 2 unspecified atom stereocenters. The van der Waals surface area contributed by atoms with Crippen molar-refractivity contribution in [1.82, 2.24) is 4.90 Å². The van der Waals surface area contributed by atoms with E-state index in [4.69, 9.17) is 9.84 Å². The summed E-state index contributed by atoms with van der Waals surface area (Å²) in [5, 5.41) is 18.2. The second kappa shape index (κ2) is 4.59. The van der Waals surface area contributed by atoms with Crippen molar-refractivity contribution in [2.45, 2.75) is 31.6 Å². The van der Waals surface area contributed by atoms with Crippen LogP contribution in [0.5, 0.6) is 0 Å². The quantitative estimate of drug-likeness (QED) is 0.637. The highest BCUT2D eigenvalue weighted by Crippen LogP contribution is 2.19. The Hall–Kier alpha value is -1.14. The number of methoxy groups -OCH3 is 1. The summed E-state index contributed by atoms with van der Waals surface area (Å²) in [6, 6.07) is -0.940. The average Bonchev–Trinajstić information content (AvgIpc) is 2.58. The van der Waals surface area contributed by atoms with E-state index in [2.05, 4.69) is 0 Å². The summed E-state index contributed by atoms with van der Waals surface area (Å²) in [6.07, 6.45) is -1.37. The van der Waals surface area contributed by atoms with Gasteiger partial charge in [-0.2, -0.15) is 0 Å². The zero-order valence-electron chi connectivity index (χ0n) is 8.71. The lowest BCUT2D eigenvalue weighted by Crippen LogP contribution is -2.45. The number of hydrogen-bond donors (Lipinski definition) is 2. The summed E-state index contributed by atoms with van der Waals surface area (Å²) in [5.74, 6) is -1.50. The molecule has 1 saturated heterocycles. The van der Waals surface area contributed by atoms with Gasteiger partial charge in [-0.05, 0) is 6.92 Å². The zero-order chi connectivity index (χ0) is 11.6. The maximum atomic E-state index is 11.7. The van der Waals surface area contributed by atoms with E-state index in [0.29, 0.717) is 0 Å². The molecule has 6 heteroatoms. The van der Waals surface area contributed by atoms with Gasteiger partial charge in [-0.3, -0.25) is 4.79 Å². The van der Waals surface area contributed by atoms with Crippen molar-refractivity contribution in [3.63, 3.8) is 0 Å². The minimum absolute atomic E-state index is 0.0590. The topological polar surface area (TPSA) is 87.1 Å². The summed E-state index contributed by atoms with van der Waals surface area (Å²) in [7, 11) is 1.38. The number of carbonyl (C=O) groups is 2. The van der Waals surface area contributed by atoms with Gasteiger partial charge in [0.2, 0.25) is 0 Å². The molecule has 1 rings (SSSR count). The SMILES string of the molecule is COC(C)C(=O)N1CC(O)C[C@H]1C(=O)O. The molecule has 0 radical (unpaired) electrons. The molecule has 15 heavy (non-hydrogen) atoms. The highest BCUT2D eigenvalue weighted by molar-refractivity contribution is 5.86. The van der Waals surface area contributed by atoms with Crippen LogP contribution in [0.1, 0.15) is 13.3 Å². The molecule has 0 aromatic rings. The van der Waals surface area contributed by atoms with Crippen molar-refractivity contribution in [3.05, 3.63) is 0 Å². The number of rotatable bonds is 3. The van der Waals surface area contributed by atoms with Gasteiger partial charge in [0.05, 0.1) is 6.10 Å². The Kier molecular flexibility index (Phi) is 3.65. The molecule has 1 fully saturated rings. The van der Waals surface area contributed by atoms with E-state index in [9.17, 15) is 14.7 Å². The predicted octanol–water partition coefficient (Wildman–Crippen LogP) is -0.932. The van der Waals surface area contributed by atoms with Gasteiger partial charge in [0.15, 0.2) is 0 Å². The van der Waals surface area contributed by atoms with Crippen LogP contribution >= 0.6 is 0 Å². The minimum atomic E-state index is -1.09. The van der Waals surface area contributed by atoms with Crippen molar-refractivity contribution < 1.29 is 24.5 Å². The largest absolute Gasteiger partial charge is 0.480 e. The fourth-order valence-electron chi connectivity index (χ4n) is 1.63. The molecule has 1 amide bonds. The zero-order valence-corrected chi connectivity index (χ0v) is 8.71. The molecule has 3 atom stereocenters. The normalized spacial score (nSPS) is 27.8. The van der Waals surface area contributed by atoms with Crippen molar-refractivity contribution in [1.29, 1.82) is 0 Å². The predicted molar refractivity (Wildman–Crippen MR) is 50.2 cm³/mol. The summed E-state index contributed by atoms with van der Waals surface area (Å²) >= 11 is 0. The van der Waals surface area contributed by atoms with E-state index in [1.165, 1.54) is 7.11 Å². The number of amides is 1. The number of aliphatic carboxylic acids is 1. The molecule has 1 heterocycles. The van der Waals surface area contributed by atoms with E-state index in [1.807, 2.05) is 0 Å². The first-order valence-corrected chi connectivity index (χ1v) is 4.71. The molecule has 6 nitrogen and oxygen atoms in total. The summed E-state index contributed by atoms with van der Waals surface area (Å²) in [4.78, 5) is 23.6. The molecule has 86 valence electrons. The summed E-state index contributed by atoms with van der Waals surface area (Å²) < 4.78 is 4.82. The number of carbonyl (C=O) groups excluding carboxylic acids is 1. The maximum absolute atomic E-state index is 11.7. The number of aliphatic hydroxyl groups excluding tert-OH is 1. The lowest BCUT2D eigenvalue weighted by Gasteiger charge is -2.23. The molecule has 0 aromatic heterocycles. The summed E-state index contributed by atoms with van der Waals surface area (Å²) in [5.41, 5.74) is 0. The molecule has 1 aliphatic rings. The Morgan fingerprint density at radius 1 is 1.53 bits per heavy atom. The molecular formula is C9H15NO5.